The molecule has 3 aromatic rings. The van der Waals surface area contributed by atoms with E-state index in [0.29, 0.717) is 23.1 Å². The summed E-state index contributed by atoms with van der Waals surface area (Å²) in [4.78, 5) is 47.3. The lowest BCUT2D eigenvalue weighted by molar-refractivity contribution is -0.385. The molecule has 0 spiro atoms. The van der Waals surface area contributed by atoms with Crippen LogP contribution in [0.3, 0.4) is 0 Å². The van der Waals surface area contributed by atoms with Gasteiger partial charge in [0.15, 0.2) is 0 Å². The van der Waals surface area contributed by atoms with E-state index in [1.165, 1.54) is 36.4 Å². The summed E-state index contributed by atoms with van der Waals surface area (Å²) in [5.74, 6) is -0.0535. The summed E-state index contributed by atoms with van der Waals surface area (Å²) in [5, 5.41) is 21.7. The molecule has 0 saturated carbocycles. The van der Waals surface area contributed by atoms with Crippen LogP contribution >= 0.6 is 23.4 Å². The molecule has 4 rings (SSSR count). The van der Waals surface area contributed by atoms with Gasteiger partial charge in [-0.2, -0.15) is 0 Å². The van der Waals surface area contributed by atoms with Crippen molar-refractivity contribution in [2.24, 2.45) is 0 Å². The largest absolute Gasteiger partial charge is 0.457 e. The number of carbonyl (C=O) groups excluding carboxylic acids is 2. The summed E-state index contributed by atoms with van der Waals surface area (Å²) in [7, 11) is 0. The van der Waals surface area contributed by atoms with Gasteiger partial charge in [-0.3, -0.25) is 34.7 Å². The van der Waals surface area contributed by atoms with E-state index in [-0.39, 0.29) is 39.2 Å². The Hall–Kier alpha value is -3.96. The molecule has 2 amide bonds. The number of nitro groups is 2. The summed E-state index contributed by atoms with van der Waals surface area (Å²) in [5.41, 5.74) is 0.183. The lowest BCUT2D eigenvalue weighted by atomic mass is 10.1. The Kier molecular flexibility index (Phi) is 5.99. The van der Waals surface area contributed by atoms with Crippen molar-refractivity contribution in [1.82, 2.24) is 4.90 Å². The maximum Gasteiger partial charge on any atom is 0.293 e. The number of rotatable bonds is 6. The van der Waals surface area contributed by atoms with Crippen LogP contribution in [0.5, 0.6) is 0 Å². The first kappa shape index (κ1) is 22.2. The highest BCUT2D eigenvalue weighted by molar-refractivity contribution is 8.18. The summed E-state index contributed by atoms with van der Waals surface area (Å²) < 4.78 is 5.67. The van der Waals surface area contributed by atoms with Crippen LogP contribution in [0.1, 0.15) is 11.3 Å². The van der Waals surface area contributed by atoms with Crippen LogP contribution in [-0.4, -0.2) is 25.9 Å². The van der Waals surface area contributed by atoms with Gasteiger partial charge in [0, 0.05) is 29.3 Å². The molecule has 0 unspecified atom stereocenters. The third kappa shape index (κ3) is 4.49. The Morgan fingerprint density at radius 1 is 1.00 bits per heavy atom. The zero-order chi connectivity index (χ0) is 23.7. The van der Waals surface area contributed by atoms with E-state index in [1.54, 1.807) is 24.3 Å². The Morgan fingerprint density at radius 2 is 1.73 bits per heavy atom. The average molecular weight is 486 g/mol. The van der Waals surface area contributed by atoms with E-state index < -0.39 is 21.0 Å². The van der Waals surface area contributed by atoms with Crippen molar-refractivity contribution in [3.05, 3.63) is 96.1 Å². The van der Waals surface area contributed by atoms with Gasteiger partial charge in [0.25, 0.3) is 22.5 Å². The van der Waals surface area contributed by atoms with Crippen LogP contribution in [0.2, 0.25) is 5.02 Å². The second kappa shape index (κ2) is 8.88. The molecule has 1 aliphatic rings. The number of benzene rings is 2. The van der Waals surface area contributed by atoms with Gasteiger partial charge in [-0.05, 0) is 36.0 Å². The number of hydrogen-bond acceptors (Lipinski definition) is 8. The number of nitrogens with zero attached hydrogens (tertiary/aromatic N) is 3. The monoisotopic (exact) mass is 485 g/mol. The van der Waals surface area contributed by atoms with Crippen LogP contribution < -0.4 is 0 Å². The standard InChI is InChI=1S/C21H12ClN3O7S/c22-15-7-5-12(9-17(15)25(30)31)18-8-6-14(32-18)10-19-20(26)23(21(27)33-19)11-13-3-1-2-4-16(13)24(28)29/h1-10H,11H2/b19-10-. The minimum Gasteiger partial charge on any atom is -0.457 e. The van der Waals surface area contributed by atoms with Gasteiger partial charge in [-0.1, -0.05) is 29.8 Å². The van der Waals surface area contributed by atoms with Crippen molar-refractivity contribution in [1.29, 1.82) is 0 Å². The number of para-hydroxylation sites is 1. The fourth-order valence-corrected chi connectivity index (χ4v) is 4.15. The fourth-order valence-electron chi connectivity index (χ4n) is 3.15. The first-order valence-electron chi connectivity index (χ1n) is 9.26. The van der Waals surface area contributed by atoms with Gasteiger partial charge >= 0.3 is 0 Å². The number of furan rings is 1. The molecule has 0 N–H and O–H groups in total. The number of halogens is 1. The molecule has 10 nitrogen and oxygen atoms in total. The molecule has 2 heterocycles. The zero-order valence-corrected chi connectivity index (χ0v) is 18.0. The summed E-state index contributed by atoms with van der Waals surface area (Å²) in [6.45, 7) is -0.239. The number of carbonyl (C=O) groups is 2. The Balaban J connectivity index is 1.57. The van der Waals surface area contributed by atoms with E-state index in [0.717, 1.165) is 4.90 Å². The smallest absolute Gasteiger partial charge is 0.293 e. The highest BCUT2D eigenvalue weighted by atomic mass is 35.5. The van der Waals surface area contributed by atoms with Gasteiger partial charge < -0.3 is 4.42 Å². The molecule has 1 aromatic heterocycles. The van der Waals surface area contributed by atoms with Crippen LogP contribution in [0.4, 0.5) is 16.2 Å². The van der Waals surface area contributed by atoms with Crippen LogP contribution in [0.25, 0.3) is 17.4 Å². The van der Waals surface area contributed by atoms with E-state index in [4.69, 9.17) is 16.0 Å². The maximum atomic E-state index is 12.8. The average Bonchev–Trinajstić information content (AvgIpc) is 3.34. The molecule has 0 aliphatic carbocycles. The first-order chi connectivity index (χ1) is 15.7. The molecule has 0 bridgehead atoms. The molecule has 2 aromatic carbocycles. The van der Waals surface area contributed by atoms with Crippen molar-refractivity contribution >= 4 is 52.0 Å². The topological polar surface area (TPSA) is 137 Å². The highest BCUT2D eigenvalue weighted by Crippen LogP contribution is 2.36. The zero-order valence-electron chi connectivity index (χ0n) is 16.5. The molecule has 1 saturated heterocycles. The Bertz CT molecular complexity index is 1350. The SMILES string of the molecule is O=C1S/C(=C\c2ccc(-c3ccc(Cl)c([N+](=O)[O-])c3)o2)C(=O)N1Cc1ccccc1[N+](=O)[O-]. The number of amides is 2. The summed E-state index contributed by atoms with van der Waals surface area (Å²) in [6.07, 6.45) is 1.37. The number of thioether (sulfide) groups is 1. The molecule has 1 aliphatic heterocycles. The molecular formula is C21H12ClN3O7S. The lowest BCUT2D eigenvalue weighted by Crippen LogP contribution is -2.27. The molecule has 166 valence electrons. The molecule has 0 atom stereocenters. The Morgan fingerprint density at radius 3 is 2.45 bits per heavy atom. The molecule has 33 heavy (non-hydrogen) atoms. The van der Waals surface area contributed by atoms with Crippen molar-refractivity contribution < 1.29 is 23.9 Å². The van der Waals surface area contributed by atoms with Crippen LogP contribution in [0.15, 0.2) is 63.9 Å². The van der Waals surface area contributed by atoms with Crippen molar-refractivity contribution in [2.75, 3.05) is 0 Å². The van der Waals surface area contributed by atoms with Crippen LogP contribution in [-0.2, 0) is 11.3 Å². The van der Waals surface area contributed by atoms with E-state index >= 15 is 0 Å². The minimum absolute atomic E-state index is 0.0112. The fraction of sp³-hybridized carbons (Fsp3) is 0.0476. The normalized spacial score (nSPS) is 14.8. The predicted molar refractivity (Wildman–Crippen MR) is 120 cm³/mol. The lowest BCUT2D eigenvalue weighted by Gasteiger charge is -2.12. The predicted octanol–water partition coefficient (Wildman–Crippen LogP) is 5.65. The van der Waals surface area contributed by atoms with Gasteiger partial charge in [-0.15, -0.1) is 0 Å². The number of hydrogen-bond donors (Lipinski definition) is 0. The third-order valence-electron chi connectivity index (χ3n) is 4.72. The van der Waals surface area contributed by atoms with Gasteiger partial charge in [-0.25, -0.2) is 0 Å². The number of imide groups is 1. The molecular weight excluding hydrogens is 474 g/mol. The van der Waals surface area contributed by atoms with Crippen molar-refractivity contribution in [3.63, 3.8) is 0 Å². The van der Waals surface area contributed by atoms with Crippen molar-refractivity contribution in [2.45, 2.75) is 6.54 Å². The first-order valence-corrected chi connectivity index (χ1v) is 10.5. The van der Waals surface area contributed by atoms with Gasteiger partial charge in [0.05, 0.1) is 21.3 Å². The summed E-state index contributed by atoms with van der Waals surface area (Å²) >= 11 is 6.52. The van der Waals surface area contributed by atoms with Crippen LogP contribution in [0, 0.1) is 20.2 Å². The Labute approximate surface area is 194 Å². The molecule has 1 fully saturated rings. The minimum atomic E-state index is -0.608. The van der Waals surface area contributed by atoms with Crippen molar-refractivity contribution in [3.8, 4) is 11.3 Å². The van der Waals surface area contributed by atoms with E-state index in [2.05, 4.69) is 0 Å². The van der Waals surface area contributed by atoms with Gasteiger partial charge in [0.2, 0.25) is 0 Å². The molecule has 0 radical (unpaired) electrons. The quantitative estimate of drug-likeness (QED) is 0.248. The highest BCUT2D eigenvalue weighted by Gasteiger charge is 2.36. The second-order valence-corrected chi connectivity index (χ2v) is 8.18. The van der Waals surface area contributed by atoms with Gasteiger partial charge in [0.1, 0.15) is 16.5 Å². The maximum absolute atomic E-state index is 12.8. The second-order valence-electron chi connectivity index (χ2n) is 6.78. The number of nitro benzene ring substituents is 2. The van der Waals surface area contributed by atoms with E-state index in [1.807, 2.05) is 0 Å². The van der Waals surface area contributed by atoms with E-state index in [9.17, 15) is 29.8 Å². The third-order valence-corrected chi connectivity index (χ3v) is 5.94. The molecule has 12 heteroatoms. The summed E-state index contributed by atoms with van der Waals surface area (Å²) in [6, 6.07) is 13.2.